The standard InChI is InChI=1S/C23H25BrClN3O4/c1-13-9-19(29)28-21(13)23(31)27-18(15-6-4-3-5-7-15)11-26-20(30)12-32-22-14(2)8-16(24)10-17(22)25/h3-8,10,13,18,21H,9,11-12H2,1-2H3,(H,26,30)(H,27,31)(H,28,29). The summed E-state index contributed by atoms with van der Waals surface area (Å²) >= 11 is 9.57. The number of carbonyl (C=O) groups excluding carboxylic acids is 3. The molecule has 2 aromatic rings. The molecule has 1 aliphatic heterocycles. The Hall–Kier alpha value is -2.58. The van der Waals surface area contributed by atoms with E-state index in [1.54, 1.807) is 6.07 Å². The lowest BCUT2D eigenvalue weighted by atomic mass is 10.0. The first-order valence-corrected chi connectivity index (χ1v) is 11.4. The molecule has 0 aromatic heterocycles. The molecule has 3 amide bonds. The van der Waals surface area contributed by atoms with E-state index in [-0.39, 0.29) is 36.8 Å². The number of aryl methyl sites for hydroxylation is 1. The van der Waals surface area contributed by atoms with Crippen molar-refractivity contribution in [3.63, 3.8) is 0 Å². The van der Waals surface area contributed by atoms with E-state index in [1.165, 1.54) is 0 Å². The smallest absolute Gasteiger partial charge is 0.258 e. The van der Waals surface area contributed by atoms with Crippen LogP contribution in [0.25, 0.3) is 0 Å². The number of benzene rings is 2. The number of hydrogen-bond acceptors (Lipinski definition) is 4. The summed E-state index contributed by atoms with van der Waals surface area (Å²) in [6, 6.07) is 11.8. The summed E-state index contributed by atoms with van der Waals surface area (Å²) in [5.74, 6) is -0.410. The zero-order chi connectivity index (χ0) is 23.3. The van der Waals surface area contributed by atoms with E-state index >= 15 is 0 Å². The summed E-state index contributed by atoms with van der Waals surface area (Å²) in [6.07, 6.45) is 0.320. The maximum absolute atomic E-state index is 12.8. The SMILES string of the molecule is Cc1cc(Br)cc(Cl)c1OCC(=O)NCC(NC(=O)C1NC(=O)CC1C)c1ccccc1. The fourth-order valence-electron chi connectivity index (χ4n) is 3.58. The third-order valence-electron chi connectivity index (χ3n) is 5.24. The molecule has 32 heavy (non-hydrogen) atoms. The van der Waals surface area contributed by atoms with Crippen molar-refractivity contribution >= 4 is 45.3 Å². The fourth-order valence-corrected chi connectivity index (χ4v) is 4.61. The third kappa shape index (κ3) is 6.23. The van der Waals surface area contributed by atoms with Gasteiger partial charge in [0.2, 0.25) is 11.8 Å². The van der Waals surface area contributed by atoms with E-state index in [1.807, 2.05) is 50.2 Å². The maximum atomic E-state index is 12.8. The molecule has 0 saturated carbocycles. The lowest BCUT2D eigenvalue weighted by molar-refractivity contribution is -0.127. The van der Waals surface area contributed by atoms with Crippen molar-refractivity contribution in [3.05, 3.63) is 63.1 Å². The highest BCUT2D eigenvalue weighted by Crippen LogP contribution is 2.31. The Morgan fingerprint density at radius 3 is 2.62 bits per heavy atom. The van der Waals surface area contributed by atoms with Gasteiger partial charge in [-0.3, -0.25) is 14.4 Å². The Morgan fingerprint density at radius 2 is 2.00 bits per heavy atom. The predicted molar refractivity (Wildman–Crippen MR) is 125 cm³/mol. The topological polar surface area (TPSA) is 96.5 Å². The number of ether oxygens (including phenoxy) is 1. The second-order valence-corrected chi connectivity index (χ2v) is 9.15. The van der Waals surface area contributed by atoms with Crippen LogP contribution in [0.4, 0.5) is 0 Å². The van der Waals surface area contributed by atoms with E-state index in [4.69, 9.17) is 16.3 Å². The average Bonchev–Trinajstić information content (AvgIpc) is 3.08. The highest BCUT2D eigenvalue weighted by molar-refractivity contribution is 9.10. The van der Waals surface area contributed by atoms with Gasteiger partial charge in [-0.05, 0) is 36.1 Å². The van der Waals surface area contributed by atoms with Gasteiger partial charge < -0.3 is 20.7 Å². The van der Waals surface area contributed by atoms with Gasteiger partial charge in [0.15, 0.2) is 6.61 Å². The number of halogens is 2. The van der Waals surface area contributed by atoms with Gasteiger partial charge in [-0.15, -0.1) is 0 Å². The van der Waals surface area contributed by atoms with Gasteiger partial charge in [0, 0.05) is 17.4 Å². The molecule has 7 nitrogen and oxygen atoms in total. The summed E-state index contributed by atoms with van der Waals surface area (Å²) in [4.78, 5) is 36.8. The number of nitrogens with one attached hydrogen (secondary N) is 3. The van der Waals surface area contributed by atoms with E-state index in [0.29, 0.717) is 17.2 Å². The van der Waals surface area contributed by atoms with Crippen molar-refractivity contribution in [1.29, 1.82) is 0 Å². The zero-order valence-electron chi connectivity index (χ0n) is 17.8. The Morgan fingerprint density at radius 1 is 1.28 bits per heavy atom. The fraction of sp³-hybridized carbons (Fsp3) is 0.348. The Balaban J connectivity index is 1.61. The van der Waals surface area contributed by atoms with Crippen LogP contribution in [-0.2, 0) is 14.4 Å². The lowest BCUT2D eigenvalue weighted by Gasteiger charge is -2.23. The molecule has 2 aromatic carbocycles. The first kappa shape index (κ1) is 24.1. The molecule has 0 spiro atoms. The van der Waals surface area contributed by atoms with Crippen LogP contribution in [0.2, 0.25) is 5.02 Å². The van der Waals surface area contributed by atoms with E-state index in [2.05, 4.69) is 31.9 Å². The van der Waals surface area contributed by atoms with Crippen LogP contribution < -0.4 is 20.7 Å². The molecule has 1 fully saturated rings. The van der Waals surface area contributed by atoms with Crippen LogP contribution in [0.15, 0.2) is 46.9 Å². The molecular formula is C23H25BrClN3O4. The molecular weight excluding hydrogens is 498 g/mol. The normalized spacial score (nSPS) is 18.6. The third-order valence-corrected chi connectivity index (χ3v) is 5.98. The number of hydrogen-bond donors (Lipinski definition) is 3. The van der Waals surface area contributed by atoms with Gasteiger partial charge in [0.25, 0.3) is 5.91 Å². The maximum Gasteiger partial charge on any atom is 0.258 e. The predicted octanol–water partition coefficient (Wildman–Crippen LogP) is 3.29. The monoisotopic (exact) mass is 521 g/mol. The van der Waals surface area contributed by atoms with Gasteiger partial charge in [-0.25, -0.2) is 0 Å². The summed E-state index contributed by atoms with van der Waals surface area (Å²) in [5.41, 5.74) is 1.64. The molecule has 9 heteroatoms. The number of rotatable bonds is 8. The molecule has 1 heterocycles. The zero-order valence-corrected chi connectivity index (χ0v) is 20.1. The van der Waals surface area contributed by atoms with E-state index in [0.717, 1.165) is 15.6 Å². The van der Waals surface area contributed by atoms with Crippen LogP contribution in [-0.4, -0.2) is 36.9 Å². The van der Waals surface area contributed by atoms with Crippen LogP contribution in [0.1, 0.15) is 30.5 Å². The molecule has 3 unspecified atom stereocenters. The molecule has 3 atom stereocenters. The number of amides is 3. The minimum absolute atomic E-state index is 0.0965. The van der Waals surface area contributed by atoms with Crippen molar-refractivity contribution in [2.45, 2.75) is 32.4 Å². The minimum atomic E-state index is -0.588. The van der Waals surface area contributed by atoms with Crippen molar-refractivity contribution in [2.24, 2.45) is 5.92 Å². The van der Waals surface area contributed by atoms with Gasteiger partial charge in [-0.1, -0.05) is 64.8 Å². The molecule has 170 valence electrons. The van der Waals surface area contributed by atoms with Crippen molar-refractivity contribution < 1.29 is 19.1 Å². The van der Waals surface area contributed by atoms with Crippen LogP contribution in [0.5, 0.6) is 5.75 Å². The summed E-state index contributed by atoms with van der Waals surface area (Å²) in [7, 11) is 0. The average molecular weight is 523 g/mol. The van der Waals surface area contributed by atoms with Crippen LogP contribution in [0.3, 0.4) is 0 Å². The molecule has 1 saturated heterocycles. The van der Waals surface area contributed by atoms with E-state index in [9.17, 15) is 14.4 Å². The van der Waals surface area contributed by atoms with Gasteiger partial charge in [-0.2, -0.15) is 0 Å². The van der Waals surface area contributed by atoms with Gasteiger partial charge in [0.05, 0.1) is 11.1 Å². The van der Waals surface area contributed by atoms with E-state index < -0.39 is 12.1 Å². The minimum Gasteiger partial charge on any atom is -0.482 e. The van der Waals surface area contributed by atoms with Crippen molar-refractivity contribution in [1.82, 2.24) is 16.0 Å². The summed E-state index contributed by atoms with van der Waals surface area (Å²) in [6.45, 7) is 3.65. The summed E-state index contributed by atoms with van der Waals surface area (Å²) < 4.78 is 6.44. The first-order chi connectivity index (χ1) is 15.2. The van der Waals surface area contributed by atoms with Crippen LogP contribution in [0, 0.1) is 12.8 Å². The lowest BCUT2D eigenvalue weighted by Crippen LogP contribution is -2.47. The van der Waals surface area contributed by atoms with Crippen LogP contribution >= 0.6 is 27.5 Å². The second kappa shape index (κ2) is 10.8. The largest absolute Gasteiger partial charge is 0.482 e. The second-order valence-electron chi connectivity index (χ2n) is 7.82. The molecule has 0 aliphatic carbocycles. The number of carbonyl (C=O) groups is 3. The quantitative estimate of drug-likeness (QED) is 0.496. The van der Waals surface area contributed by atoms with Gasteiger partial charge in [0.1, 0.15) is 11.8 Å². The van der Waals surface area contributed by atoms with Gasteiger partial charge >= 0.3 is 0 Å². The first-order valence-electron chi connectivity index (χ1n) is 10.2. The highest BCUT2D eigenvalue weighted by atomic mass is 79.9. The molecule has 0 radical (unpaired) electrons. The molecule has 1 aliphatic rings. The molecule has 3 rings (SSSR count). The van der Waals surface area contributed by atoms with Crippen molar-refractivity contribution in [2.75, 3.05) is 13.2 Å². The van der Waals surface area contributed by atoms with Crippen molar-refractivity contribution in [3.8, 4) is 5.75 Å². The Labute approximate surface area is 200 Å². The summed E-state index contributed by atoms with van der Waals surface area (Å²) in [5, 5.41) is 8.86. The Bertz CT molecular complexity index is 979. The Kier molecular flexibility index (Phi) is 8.15. The molecule has 0 bridgehead atoms. The molecule has 3 N–H and O–H groups in total. The highest BCUT2D eigenvalue weighted by Gasteiger charge is 2.35.